The van der Waals surface area contributed by atoms with Crippen LogP contribution in [-0.2, 0) is 0 Å². The van der Waals surface area contributed by atoms with Crippen molar-refractivity contribution in [3.63, 3.8) is 0 Å². The lowest BCUT2D eigenvalue weighted by molar-refractivity contribution is 0.607. The first-order valence-electron chi connectivity index (χ1n) is 11.8. The molecule has 0 saturated heterocycles. The predicted octanol–water partition coefficient (Wildman–Crippen LogP) is 8.61. The maximum absolute atomic E-state index is 3.74. The SMILES string of the molecule is CCC1=CC(C)(CC)Nc2ccc(Sc3ccc4c(c3)C(CC)=CC(C)(CC)N4)cc21. The molecule has 2 nitrogen and oxygen atoms in total. The van der Waals surface area contributed by atoms with E-state index in [0.717, 1.165) is 25.7 Å². The van der Waals surface area contributed by atoms with Crippen LogP contribution < -0.4 is 10.6 Å². The summed E-state index contributed by atoms with van der Waals surface area (Å²) in [5.74, 6) is 0. The van der Waals surface area contributed by atoms with E-state index in [1.165, 1.54) is 43.4 Å². The average Bonchev–Trinajstić information content (AvgIpc) is 2.78. The van der Waals surface area contributed by atoms with Gasteiger partial charge in [0, 0.05) is 32.3 Å². The molecule has 2 aromatic carbocycles. The lowest BCUT2D eigenvalue weighted by atomic mass is 9.86. The van der Waals surface area contributed by atoms with Gasteiger partial charge < -0.3 is 10.6 Å². The molecular weight excluding hydrogens is 396 g/mol. The second-order valence-electron chi connectivity index (χ2n) is 9.36. The molecule has 2 N–H and O–H groups in total. The van der Waals surface area contributed by atoms with Crippen molar-refractivity contribution >= 4 is 34.3 Å². The zero-order valence-electron chi connectivity index (χ0n) is 19.9. The Morgan fingerprint density at radius 2 is 1.10 bits per heavy atom. The topological polar surface area (TPSA) is 24.1 Å². The second kappa shape index (κ2) is 8.43. The molecule has 0 spiro atoms. The van der Waals surface area contributed by atoms with Crippen LogP contribution in [0.3, 0.4) is 0 Å². The fourth-order valence-electron chi connectivity index (χ4n) is 4.64. The maximum Gasteiger partial charge on any atom is 0.0531 e. The van der Waals surface area contributed by atoms with Gasteiger partial charge >= 0.3 is 0 Å². The molecule has 4 rings (SSSR count). The second-order valence-corrected chi connectivity index (χ2v) is 10.5. The Labute approximate surface area is 192 Å². The van der Waals surface area contributed by atoms with Crippen LogP contribution in [0.4, 0.5) is 11.4 Å². The molecule has 164 valence electrons. The Morgan fingerprint density at radius 1 is 0.677 bits per heavy atom. The van der Waals surface area contributed by atoms with Gasteiger partial charge in [-0.2, -0.15) is 0 Å². The van der Waals surface area contributed by atoms with Crippen molar-refractivity contribution in [3.05, 3.63) is 59.7 Å². The molecule has 0 aromatic heterocycles. The Balaban J connectivity index is 1.64. The third-order valence-electron chi connectivity index (χ3n) is 6.97. The fraction of sp³-hybridized carbons (Fsp3) is 0.429. The summed E-state index contributed by atoms with van der Waals surface area (Å²) in [4.78, 5) is 2.59. The van der Waals surface area contributed by atoms with E-state index >= 15 is 0 Å². The minimum atomic E-state index is 0.0500. The number of hydrogen-bond acceptors (Lipinski definition) is 3. The van der Waals surface area contributed by atoms with Crippen molar-refractivity contribution in [2.24, 2.45) is 0 Å². The summed E-state index contributed by atoms with van der Waals surface area (Å²) in [5.41, 5.74) is 8.23. The van der Waals surface area contributed by atoms with E-state index in [-0.39, 0.29) is 11.1 Å². The Bertz CT molecular complexity index is 967. The van der Waals surface area contributed by atoms with Gasteiger partial charge in [-0.3, -0.25) is 0 Å². The van der Waals surface area contributed by atoms with Crippen LogP contribution in [-0.4, -0.2) is 11.1 Å². The molecule has 0 amide bonds. The van der Waals surface area contributed by atoms with Gasteiger partial charge in [-0.25, -0.2) is 0 Å². The summed E-state index contributed by atoms with van der Waals surface area (Å²) in [6.45, 7) is 13.6. The Kier molecular flexibility index (Phi) is 6.00. The quantitative estimate of drug-likeness (QED) is 0.478. The van der Waals surface area contributed by atoms with Crippen LogP contribution in [0, 0.1) is 0 Å². The lowest BCUT2D eigenvalue weighted by Gasteiger charge is -2.35. The van der Waals surface area contributed by atoms with E-state index in [4.69, 9.17) is 0 Å². The largest absolute Gasteiger partial charge is 0.376 e. The number of hydrogen-bond donors (Lipinski definition) is 2. The summed E-state index contributed by atoms with van der Waals surface area (Å²) in [5, 5.41) is 7.49. The minimum Gasteiger partial charge on any atom is -0.376 e. The van der Waals surface area contributed by atoms with Crippen molar-refractivity contribution in [2.45, 2.75) is 88.1 Å². The first-order chi connectivity index (χ1) is 14.8. The number of rotatable bonds is 6. The van der Waals surface area contributed by atoms with Crippen LogP contribution in [0.15, 0.2) is 58.3 Å². The highest BCUT2D eigenvalue weighted by molar-refractivity contribution is 7.99. The Hall–Kier alpha value is -2.13. The van der Waals surface area contributed by atoms with Crippen molar-refractivity contribution < 1.29 is 0 Å². The van der Waals surface area contributed by atoms with Crippen LogP contribution >= 0.6 is 11.8 Å². The molecule has 0 fully saturated rings. The van der Waals surface area contributed by atoms with Gasteiger partial charge in [0.15, 0.2) is 0 Å². The van der Waals surface area contributed by atoms with Gasteiger partial charge in [0.1, 0.15) is 0 Å². The van der Waals surface area contributed by atoms with Crippen molar-refractivity contribution in [2.75, 3.05) is 10.6 Å². The number of benzene rings is 2. The van der Waals surface area contributed by atoms with Gasteiger partial charge in [-0.05, 0) is 87.1 Å². The number of anilines is 2. The maximum atomic E-state index is 3.74. The minimum absolute atomic E-state index is 0.0500. The van der Waals surface area contributed by atoms with Crippen molar-refractivity contribution in [3.8, 4) is 0 Å². The van der Waals surface area contributed by atoms with Crippen molar-refractivity contribution in [1.29, 1.82) is 0 Å². The van der Waals surface area contributed by atoms with E-state index in [0.29, 0.717) is 0 Å². The molecule has 2 aliphatic rings. The highest BCUT2D eigenvalue weighted by atomic mass is 32.2. The molecular formula is C28H36N2S. The summed E-state index contributed by atoms with van der Waals surface area (Å²) in [7, 11) is 0. The number of fused-ring (bicyclic) bond motifs is 2. The van der Waals surface area contributed by atoms with E-state index in [2.05, 4.69) is 101 Å². The normalized spacial score (nSPS) is 24.3. The first-order valence-corrected chi connectivity index (χ1v) is 12.6. The van der Waals surface area contributed by atoms with Gasteiger partial charge in [0.25, 0.3) is 0 Å². The molecule has 2 atom stereocenters. The summed E-state index contributed by atoms with van der Waals surface area (Å²) < 4.78 is 0. The van der Waals surface area contributed by atoms with E-state index < -0.39 is 0 Å². The average molecular weight is 433 g/mol. The molecule has 0 radical (unpaired) electrons. The molecule has 0 aliphatic carbocycles. The van der Waals surface area contributed by atoms with E-state index in [1.54, 1.807) is 0 Å². The monoisotopic (exact) mass is 432 g/mol. The molecule has 3 heteroatoms. The van der Waals surface area contributed by atoms with Crippen LogP contribution in [0.2, 0.25) is 0 Å². The third kappa shape index (κ3) is 4.30. The third-order valence-corrected chi connectivity index (χ3v) is 7.95. The number of nitrogens with one attached hydrogen (secondary N) is 2. The first kappa shape index (κ1) is 22.1. The highest BCUT2D eigenvalue weighted by Gasteiger charge is 2.28. The zero-order valence-corrected chi connectivity index (χ0v) is 20.7. The number of allylic oxidation sites excluding steroid dienone is 2. The highest BCUT2D eigenvalue weighted by Crippen LogP contribution is 2.42. The van der Waals surface area contributed by atoms with Crippen LogP contribution in [0.1, 0.15) is 78.4 Å². The zero-order chi connectivity index (χ0) is 22.2. The summed E-state index contributed by atoms with van der Waals surface area (Å²) in [6, 6.07) is 13.8. The molecule has 2 heterocycles. The van der Waals surface area contributed by atoms with Gasteiger partial charge in [0.05, 0.1) is 11.1 Å². The molecule has 0 saturated carbocycles. The smallest absolute Gasteiger partial charge is 0.0531 e. The lowest BCUT2D eigenvalue weighted by Crippen LogP contribution is -2.34. The molecule has 2 unspecified atom stereocenters. The molecule has 2 aromatic rings. The van der Waals surface area contributed by atoms with Gasteiger partial charge in [-0.1, -0.05) is 51.6 Å². The van der Waals surface area contributed by atoms with E-state index in [1.807, 2.05) is 11.8 Å². The van der Waals surface area contributed by atoms with Crippen LogP contribution in [0.25, 0.3) is 11.1 Å². The van der Waals surface area contributed by atoms with Gasteiger partial charge in [0.2, 0.25) is 0 Å². The van der Waals surface area contributed by atoms with Crippen molar-refractivity contribution in [1.82, 2.24) is 0 Å². The molecule has 0 bridgehead atoms. The summed E-state index contributed by atoms with van der Waals surface area (Å²) in [6.07, 6.45) is 9.14. The summed E-state index contributed by atoms with van der Waals surface area (Å²) >= 11 is 1.86. The standard InChI is InChI=1S/C28H36N2S/c1-7-19-17-27(5,9-3)29-25-13-11-21(15-23(19)25)31-22-12-14-26-24(16-22)20(8-2)18-28(6,10-4)30-26/h11-18,29-30H,7-10H2,1-6H3. The van der Waals surface area contributed by atoms with Gasteiger partial charge in [-0.15, -0.1) is 0 Å². The predicted molar refractivity (Wildman–Crippen MR) is 138 cm³/mol. The molecule has 2 aliphatic heterocycles. The van der Waals surface area contributed by atoms with E-state index in [9.17, 15) is 0 Å². The van der Waals surface area contributed by atoms with Crippen LogP contribution in [0.5, 0.6) is 0 Å². The fourth-order valence-corrected chi connectivity index (χ4v) is 5.53. The Morgan fingerprint density at radius 3 is 1.45 bits per heavy atom. The molecule has 31 heavy (non-hydrogen) atoms.